The van der Waals surface area contributed by atoms with Gasteiger partial charge in [0.2, 0.25) is 0 Å². The van der Waals surface area contributed by atoms with Crippen molar-refractivity contribution in [1.29, 1.82) is 0 Å². The summed E-state index contributed by atoms with van der Waals surface area (Å²) in [7, 11) is -3.62. The second kappa shape index (κ2) is 2.20. The van der Waals surface area contributed by atoms with E-state index in [0.717, 1.165) is 19.1 Å². The Morgan fingerprint density at radius 3 is 2.18 bits per heavy atom. The molecule has 0 spiro atoms. The Kier molecular flexibility index (Phi) is 1.70. The van der Waals surface area contributed by atoms with Gasteiger partial charge in [-0.3, -0.25) is 4.79 Å². The second-order valence-electron chi connectivity index (χ2n) is 3.14. The second-order valence-corrected chi connectivity index (χ2v) is 4.71. The van der Waals surface area contributed by atoms with Crippen molar-refractivity contribution in [2.75, 3.05) is 6.26 Å². The molecule has 0 heterocycles. The molecule has 1 aliphatic rings. The molecule has 1 aliphatic carbocycles. The first-order valence-electron chi connectivity index (χ1n) is 3.27. The van der Waals surface area contributed by atoms with Crippen molar-refractivity contribution in [3.05, 3.63) is 0 Å². The molecule has 0 aromatic heterocycles. The molecule has 0 radical (unpaired) electrons. The highest BCUT2D eigenvalue weighted by Gasteiger charge is 2.47. The number of hydrogen-bond donors (Lipinski definition) is 0. The summed E-state index contributed by atoms with van der Waals surface area (Å²) in [4.78, 5) is 10.9. The molecule has 0 bridgehead atoms. The van der Waals surface area contributed by atoms with Gasteiger partial charge in [-0.1, -0.05) is 0 Å². The summed E-state index contributed by atoms with van der Waals surface area (Å²) in [6.45, 7) is 1.69. The first-order valence-corrected chi connectivity index (χ1v) is 5.09. The molecule has 5 heteroatoms. The van der Waals surface area contributed by atoms with E-state index in [2.05, 4.69) is 4.18 Å². The van der Waals surface area contributed by atoms with Gasteiger partial charge in [-0.05, 0) is 19.8 Å². The monoisotopic (exact) mass is 178 g/mol. The lowest BCUT2D eigenvalue weighted by atomic mass is 10.2. The Morgan fingerprint density at radius 2 is 1.91 bits per heavy atom. The maximum absolute atomic E-state index is 10.9. The molecule has 11 heavy (non-hydrogen) atoms. The van der Waals surface area contributed by atoms with Gasteiger partial charge in [0.25, 0.3) is 0 Å². The zero-order chi connectivity index (χ0) is 8.70. The van der Waals surface area contributed by atoms with E-state index < -0.39 is 21.5 Å². The molecule has 0 N–H and O–H groups in total. The third-order valence-corrected chi connectivity index (χ3v) is 2.17. The summed E-state index contributed by atoms with van der Waals surface area (Å²) in [5.74, 6) is -0.625. The summed E-state index contributed by atoms with van der Waals surface area (Å²) < 4.78 is 25.1. The number of rotatable bonds is 2. The average Bonchev–Trinajstić information content (AvgIpc) is 2.44. The van der Waals surface area contributed by atoms with Crippen LogP contribution in [0.3, 0.4) is 0 Å². The average molecular weight is 178 g/mol. The largest absolute Gasteiger partial charge is 0.345 e. The van der Waals surface area contributed by atoms with E-state index >= 15 is 0 Å². The molecule has 4 nitrogen and oxygen atoms in total. The Bertz CT molecular complexity index is 273. The molecule has 64 valence electrons. The fourth-order valence-electron chi connectivity index (χ4n) is 0.630. The third kappa shape index (κ3) is 2.18. The zero-order valence-electron chi connectivity index (χ0n) is 6.46. The quantitative estimate of drug-likeness (QED) is 0.570. The number of carbonyl (C=O) groups is 1. The third-order valence-electron chi connectivity index (χ3n) is 1.72. The van der Waals surface area contributed by atoms with Crippen molar-refractivity contribution in [3.63, 3.8) is 0 Å². The first kappa shape index (κ1) is 8.52. The highest BCUT2D eigenvalue weighted by atomic mass is 32.2. The topological polar surface area (TPSA) is 60.4 Å². The molecular formula is C6H10O4S. The van der Waals surface area contributed by atoms with Crippen LogP contribution in [0.4, 0.5) is 0 Å². The van der Waals surface area contributed by atoms with Gasteiger partial charge in [0, 0.05) is 0 Å². The molecule has 1 rings (SSSR count). The van der Waals surface area contributed by atoms with Crippen molar-refractivity contribution in [2.45, 2.75) is 19.8 Å². The van der Waals surface area contributed by atoms with Crippen LogP contribution in [0.25, 0.3) is 0 Å². The van der Waals surface area contributed by atoms with Crippen LogP contribution in [0.2, 0.25) is 0 Å². The van der Waals surface area contributed by atoms with E-state index in [1.54, 1.807) is 6.92 Å². The summed E-state index contributed by atoms with van der Waals surface area (Å²) in [5.41, 5.74) is -0.525. The fraction of sp³-hybridized carbons (Fsp3) is 0.833. The lowest BCUT2D eigenvalue weighted by Crippen LogP contribution is -2.19. The van der Waals surface area contributed by atoms with Gasteiger partial charge in [-0.25, -0.2) is 0 Å². The predicted molar refractivity (Wildman–Crippen MR) is 38.3 cm³/mol. The normalized spacial score (nSPS) is 20.9. The van der Waals surface area contributed by atoms with E-state index in [9.17, 15) is 13.2 Å². The Balaban J connectivity index is 2.59. The van der Waals surface area contributed by atoms with Crippen LogP contribution in [-0.4, -0.2) is 20.6 Å². The Morgan fingerprint density at radius 1 is 1.45 bits per heavy atom. The fourth-order valence-corrected chi connectivity index (χ4v) is 1.11. The van der Waals surface area contributed by atoms with Gasteiger partial charge in [0.1, 0.15) is 0 Å². The molecular weight excluding hydrogens is 168 g/mol. The van der Waals surface area contributed by atoms with E-state index in [-0.39, 0.29) is 0 Å². The van der Waals surface area contributed by atoms with Gasteiger partial charge in [-0.2, -0.15) is 8.42 Å². The zero-order valence-corrected chi connectivity index (χ0v) is 7.27. The Hall–Kier alpha value is -0.580. The lowest BCUT2D eigenvalue weighted by molar-refractivity contribution is -0.139. The van der Waals surface area contributed by atoms with Crippen LogP contribution in [0, 0.1) is 5.41 Å². The van der Waals surface area contributed by atoms with Crippen molar-refractivity contribution in [2.24, 2.45) is 5.41 Å². The maximum atomic E-state index is 10.9. The maximum Gasteiger partial charge on any atom is 0.327 e. The SMILES string of the molecule is CC1(C(=O)OS(C)(=O)=O)CC1. The van der Waals surface area contributed by atoms with Gasteiger partial charge >= 0.3 is 16.1 Å². The van der Waals surface area contributed by atoms with Crippen LogP contribution >= 0.6 is 0 Å². The van der Waals surface area contributed by atoms with Crippen LogP contribution < -0.4 is 0 Å². The van der Waals surface area contributed by atoms with Crippen LogP contribution in [-0.2, 0) is 19.1 Å². The van der Waals surface area contributed by atoms with E-state index in [1.807, 2.05) is 0 Å². The molecule has 1 fully saturated rings. The summed E-state index contributed by atoms with van der Waals surface area (Å²) in [6, 6.07) is 0. The van der Waals surface area contributed by atoms with Crippen molar-refractivity contribution in [3.8, 4) is 0 Å². The van der Waals surface area contributed by atoms with Crippen molar-refractivity contribution < 1.29 is 17.4 Å². The molecule has 0 unspecified atom stereocenters. The molecule has 0 atom stereocenters. The summed E-state index contributed by atoms with van der Waals surface area (Å²) in [5, 5.41) is 0. The van der Waals surface area contributed by atoms with E-state index in [4.69, 9.17) is 0 Å². The minimum Gasteiger partial charge on any atom is -0.345 e. The molecule has 0 saturated heterocycles. The lowest BCUT2D eigenvalue weighted by Gasteiger charge is -2.05. The van der Waals surface area contributed by atoms with Crippen LogP contribution in [0.1, 0.15) is 19.8 Å². The van der Waals surface area contributed by atoms with Crippen molar-refractivity contribution >= 4 is 16.1 Å². The molecule has 0 amide bonds. The minimum absolute atomic E-state index is 0.525. The number of carbonyl (C=O) groups excluding carboxylic acids is 1. The molecule has 0 aromatic rings. The van der Waals surface area contributed by atoms with Crippen LogP contribution in [0.5, 0.6) is 0 Å². The molecule has 0 aliphatic heterocycles. The van der Waals surface area contributed by atoms with Gasteiger partial charge in [-0.15, -0.1) is 0 Å². The smallest absolute Gasteiger partial charge is 0.327 e. The van der Waals surface area contributed by atoms with E-state index in [0.29, 0.717) is 0 Å². The molecule has 0 aromatic carbocycles. The highest BCUT2D eigenvalue weighted by Crippen LogP contribution is 2.46. The van der Waals surface area contributed by atoms with Gasteiger partial charge in [0.15, 0.2) is 0 Å². The first-order chi connectivity index (χ1) is 4.83. The summed E-state index contributed by atoms with van der Waals surface area (Å²) in [6.07, 6.45) is 2.32. The standard InChI is InChI=1S/C6H10O4S/c1-6(3-4-6)5(7)10-11(2,8)9/h3-4H2,1-2H3. The van der Waals surface area contributed by atoms with Gasteiger partial charge in [0.05, 0.1) is 11.7 Å². The minimum atomic E-state index is -3.62. The molecule has 1 saturated carbocycles. The van der Waals surface area contributed by atoms with Crippen molar-refractivity contribution in [1.82, 2.24) is 0 Å². The van der Waals surface area contributed by atoms with Gasteiger partial charge < -0.3 is 4.18 Å². The Labute approximate surface area is 65.7 Å². The van der Waals surface area contributed by atoms with E-state index in [1.165, 1.54) is 0 Å². The highest BCUT2D eigenvalue weighted by molar-refractivity contribution is 7.86. The predicted octanol–water partition coefficient (Wildman–Crippen LogP) is 0.289. The van der Waals surface area contributed by atoms with Crippen LogP contribution in [0.15, 0.2) is 0 Å². The summed E-state index contributed by atoms with van der Waals surface area (Å²) >= 11 is 0. The number of hydrogen-bond acceptors (Lipinski definition) is 4.